The first-order valence-electron chi connectivity index (χ1n) is 3.78. The van der Waals surface area contributed by atoms with Crippen LogP contribution in [0.3, 0.4) is 0 Å². The summed E-state index contributed by atoms with van der Waals surface area (Å²) in [7, 11) is 0. The van der Waals surface area contributed by atoms with Gasteiger partial charge in [0.2, 0.25) is 0 Å². The molecule has 0 aromatic carbocycles. The molecule has 1 aliphatic rings. The van der Waals surface area contributed by atoms with Crippen LogP contribution in [-0.2, 0) is 0 Å². The van der Waals surface area contributed by atoms with E-state index < -0.39 is 0 Å². The molecule has 0 fully saturated rings. The van der Waals surface area contributed by atoms with Crippen LogP contribution in [0.4, 0.5) is 0 Å². The summed E-state index contributed by atoms with van der Waals surface area (Å²) < 4.78 is 0. The molecule has 0 amide bonds. The van der Waals surface area contributed by atoms with Crippen LogP contribution in [0.2, 0.25) is 0 Å². The summed E-state index contributed by atoms with van der Waals surface area (Å²) in [6.45, 7) is 0. The predicted molar refractivity (Wildman–Crippen MR) is 45.6 cm³/mol. The normalized spacial score (nSPS) is 28.8. The molecule has 53 valence electrons. The van der Waals surface area contributed by atoms with E-state index in [4.69, 9.17) is 0 Å². The summed E-state index contributed by atoms with van der Waals surface area (Å²) in [6, 6.07) is 0. The Labute approximate surface area is 62.9 Å². The van der Waals surface area contributed by atoms with E-state index in [-0.39, 0.29) is 0 Å². The van der Waals surface area contributed by atoms with Crippen molar-refractivity contribution < 1.29 is 0 Å². The number of rotatable bonds is 0. The highest BCUT2D eigenvalue weighted by Gasteiger charge is 1.79. The molecule has 0 nitrogen and oxygen atoms in total. The minimum absolute atomic E-state index is 1.07. The minimum Gasteiger partial charge on any atom is -0.0876 e. The van der Waals surface area contributed by atoms with Crippen LogP contribution in [0.1, 0.15) is 19.3 Å². The Bertz CT molecular complexity index is 131. The molecular weight excluding hydrogens is 120 g/mol. The van der Waals surface area contributed by atoms with Crippen molar-refractivity contribution in [1.29, 1.82) is 0 Å². The fourth-order valence-electron chi connectivity index (χ4n) is 0.874. The van der Waals surface area contributed by atoms with Crippen LogP contribution in [0.15, 0.2) is 36.5 Å². The van der Waals surface area contributed by atoms with Crippen molar-refractivity contribution in [1.82, 2.24) is 0 Å². The lowest BCUT2D eigenvalue weighted by Gasteiger charge is -1.89. The molecule has 0 aliphatic heterocycles. The highest BCUT2D eigenvalue weighted by molar-refractivity contribution is 5.05. The van der Waals surface area contributed by atoms with E-state index >= 15 is 0 Å². The molecule has 0 heteroatoms. The van der Waals surface area contributed by atoms with Gasteiger partial charge in [0.15, 0.2) is 0 Å². The summed E-state index contributed by atoms with van der Waals surface area (Å²) in [6.07, 6.45) is 18.5. The van der Waals surface area contributed by atoms with Gasteiger partial charge < -0.3 is 0 Å². The zero-order valence-electron chi connectivity index (χ0n) is 6.16. The van der Waals surface area contributed by atoms with E-state index in [1.54, 1.807) is 0 Å². The standard InChI is InChI=1S/C10H13/c1-2-4-6-8-10-9-7-5-3-1/h1-3,6-9H,4-5,10H2/b2-1+,8-6-,9-7+. The second-order valence-corrected chi connectivity index (χ2v) is 2.31. The molecule has 0 saturated heterocycles. The summed E-state index contributed by atoms with van der Waals surface area (Å²) >= 11 is 0. The third kappa shape index (κ3) is 3.29. The van der Waals surface area contributed by atoms with Crippen LogP contribution < -0.4 is 0 Å². The van der Waals surface area contributed by atoms with Gasteiger partial charge in [0.1, 0.15) is 0 Å². The molecule has 0 saturated carbocycles. The molecule has 0 aromatic heterocycles. The third-order valence-corrected chi connectivity index (χ3v) is 1.42. The predicted octanol–water partition coefficient (Wildman–Crippen LogP) is 3.04. The Morgan fingerprint density at radius 2 is 1.20 bits per heavy atom. The molecule has 10 heavy (non-hydrogen) atoms. The van der Waals surface area contributed by atoms with Gasteiger partial charge in [-0.3, -0.25) is 0 Å². The molecule has 0 bridgehead atoms. The van der Waals surface area contributed by atoms with Crippen molar-refractivity contribution in [3.63, 3.8) is 0 Å². The van der Waals surface area contributed by atoms with Crippen LogP contribution >= 0.6 is 0 Å². The maximum absolute atomic E-state index is 2.20. The van der Waals surface area contributed by atoms with E-state index in [0.29, 0.717) is 0 Å². The first-order valence-corrected chi connectivity index (χ1v) is 3.78. The topological polar surface area (TPSA) is 0 Å². The number of hydrogen-bond acceptors (Lipinski definition) is 0. The SMILES string of the molecule is [CH]1/C=C/C/C=C\C/C=C/C1. The van der Waals surface area contributed by atoms with Crippen molar-refractivity contribution in [3.05, 3.63) is 42.9 Å². The fourth-order valence-corrected chi connectivity index (χ4v) is 0.874. The highest BCUT2D eigenvalue weighted by Crippen LogP contribution is 1.98. The first kappa shape index (κ1) is 7.33. The zero-order valence-corrected chi connectivity index (χ0v) is 6.16. The summed E-state index contributed by atoms with van der Waals surface area (Å²) in [5.41, 5.74) is 0. The average molecular weight is 133 g/mol. The van der Waals surface area contributed by atoms with Crippen LogP contribution in [0, 0.1) is 6.42 Å². The fraction of sp³-hybridized carbons (Fsp3) is 0.300. The molecule has 0 atom stereocenters. The van der Waals surface area contributed by atoms with Crippen molar-refractivity contribution in [2.45, 2.75) is 19.3 Å². The van der Waals surface area contributed by atoms with Crippen LogP contribution in [0.25, 0.3) is 0 Å². The van der Waals surface area contributed by atoms with Crippen molar-refractivity contribution in [2.24, 2.45) is 0 Å². The van der Waals surface area contributed by atoms with Gasteiger partial charge in [-0.1, -0.05) is 36.5 Å². The van der Waals surface area contributed by atoms with E-state index in [1.165, 1.54) is 0 Å². The molecule has 0 aromatic rings. The smallest absolute Gasteiger partial charge is 0.0133 e. The zero-order chi connectivity index (χ0) is 7.07. The molecule has 0 unspecified atom stereocenters. The molecule has 1 rings (SSSR count). The third-order valence-electron chi connectivity index (χ3n) is 1.42. The first-order chi connectivity index (χ1) is 5.00. The van der Waals surface area contributed by atoms with Gasteiger partial charge in [-0.25, -0.2) is 0 Å². The molecular formula is C10H13. The second kappa shape index (κ2) is 5.04. The molecule has 0 spiro atoms. The van der Waals surface area contributed by atoms with Crippen LogP contribution in [-0.4, -0.2) is 0 Å². The van der Waals surface area contributed by atoms with E-state index in [9.17, 15) is 0 Å². The Kier molecular flexibility index (Phi) is 3.69. The lowest BCUT2D eigenvalue weighted by atomic mass is 10.2. The summed E-state index contributed by atoms with van der Waals surface area (Å²) in [5.74, 6) is 0. The Morgan fingerprint density at radius 3 is 2.00 bits per heavy atom. The van der Waals surface area contributed by atoms with Crippen molar-refractivity contribution in [3.8, 4) is 0 Å². The maximum atomic E-state index is 2.20. The second-order valence-electron chi connectivity index (χ2n) is 2.31. The van der Waals surface area contributed by atoms with Gasteiger partial charge >= 0.3 is 0 Å². The molecule has 1 radical (unpaired) electrons. The maximum Gasteiger partial charge on any atom is -0.0133 e. The van der Waals surface area contributed by atoms with Crippen LogP contribution in [0.5, 0.6) is 0 Å². The van der Waals surface area contributed by atoms with E-state index in [1.807, 2.05) is 0 Å². The molecule has 0 N–H and O–H groups in total. The van der Waals surface area contributed by atoms with Gasteiger partial charge in [-0.15, -0.1) is 0 Å². The lowest BCUT2D eigenvalue weighted by Crippen LogP contribution is -1.69. The Balaban J connectivity index is 2.38. The minimum atomic E-state index is 1.07. The molecule has 1 aliphatic carbocycles. The Morgan fingerprint density at radius 1 is 0.600 bits per heavy atom. The highest BCUT2D eigenvalue weighted by atomic mass is 13.9. The number of hydrogen-bond donors (Lipinski definition) is 0. The largest absolute Gasteiger partial charge is 0.0876 e. The molecule has 0 heterocycles. The van der Waals surface area contributed by atoms with Gasteiger partial charge in [0.05, 0.1) is 0 Å². The van der Waals surface area contributed by atoms with Gasteiger partial charge in [0, 0.05) is 0 Å². The Hall–Kier alpha value is -0.780. The van der Waals surface area contributed by atoms with E-state index in [0.717, 1.165) is 19.3 Å². The average Bonchev–Trinajstić information content (AvgIpc) is 2.01. The van der Waals surface area contributed by atoms with Crippen molar-refractivity contribution in [2.75, 3.05) is 0 Å². The quantitative estimate of drug-likeness (QED) is 0.445. The van der Waals surface area contributed by atoms with Gasteiger partial charge in [0.25, 0.3) is 0 Å². The number of allylic oxidation sites excluding steroid dienone is 6. The summed E-state index contributed by atoms with van der Waals surface area (Å²) in [4.78, 5) is 0. The summed E-state index contributed by atoms with van der Waals surface area (Å²) in [5, 5.41) is 0. The van der Waals surface area contributed by atoms with Gasteiger partial charge in [-0.05, 0) is 25.7 Å². The monoisotopic (exact) mass is 133 g/mol. The lowest BCUT2D eigenvalue weighted by molar-refractivity contribution is 1.21. The van der Waals surface area contributed by atoms with Crippen molar-refractivity contribution >= 4 is 0 Å². The van der Waals surface area contributed by atoms with E-state index in [2.05, 4.69) is 42.9 Å². The van der Waals surface area contributed by atoms with Gasteiger partial charge in [-0.2, -0.15) is 0 Å².